The number of hydrogen-bond donors (Lipinski definition) is 2. The van der Waals surface area contributed by atoms with Crippen LogP contribution in [0.2, 0.25) is 0 Å². The van der Waals surface area contributed by atoms with Crippen LogP contribution in [0.15, 0.2) is 30.5 Å². The molecule has 2 unspecified atom stereocenters. The highest BCUT2D eigenvalue weighted by molar-refractivity contribution is 6.03. The van der Waals surface area contributed by atoms with Crippen LogP contribution in [0.5, 0.6) is 0 Å². The summed E-state index contributed by atoms with van der Waals surface area (Å²) in [5.74, 6) is -0.345. The van der Waals surface area contributed by atoms with Gasteiger partial charge in [0.25, 0.3) is 0 Å². The lowest BCUT2D eigenvalue weighted by molar-refractivity contribution is 0.0699. The van der Waals surface area contributed by atoms with Gasteiger partial charge < -0.3 is 15.2 Å². The van der Waals surface area contributed by atoms with Gasteiger partial charge in [0, 0.05) is 29.9 Å². The number of nitrogens with zero attached hydrogens (tertiary/aromatic N) is 1. The molecule has 5 heteroatoms. The first kappa shape index (κ1) is 14.8. The maximum Gasteiger partial charge on any atom is 0.336 e. The molecule has 1 aromatic heterocycles. The molecule has 3 rings (SSSR count). The summed E-state index contributed by atoms with van der Waals surface area (Å²) in [6, 6.07) is 7.44. The molecule has 1 aromatic carbocycles. The number of aromatic nitrogens is 1. The van der Waals surface area contributed by atoms with E-state index in [-0.39, 0.29) is 11.6 Å². The maximum absolute atomic E-state index is 11.3. The van der Waals surface area contributed by atoms with Crippen molar-refractivity contribution in [1.29, 1.82) is 0 Å². The third-order valence-electron chi connectivity index (χ3n) is 4.07. The molecule has 116 valence electrons. The number of nitrogens with one attached hydrogen (secondary N) is 1. The Hall–Kier alpha value is -2.14. The summed E-state index contributed by atoms with van der Waals surface area (Å²) in [6.45, 7) is 3.69. The van der Waals surface area contributed by atoms with Gasteiger partial charge in [0.1, 0.15) is 0 Å². The minimum Gasteiger partial charge on any atom is -0.478 e. The first-order chi connectivity index (χ1) is 10.6. The van der Waals surface area contributed by atoms with Crippen molar-refractivity contribution in [2.24, 2.45) is 5.92 Å². The second-order valence-electron chi connectivity index (χ2n) is 5.96. The van der Waals surface area contributed by atoms with Crippen molar-refractivity contribution >= 4 is 22.6 Å². The van der Waals surface area contributed by atoms with Gasteiger partial charge in [-0.1, -0.05) is 6.92 Å². The summed E-state index contributed by atoms with van der Waals surface area (Å²) in [4.78, 5) is 15.6. The zero-order valence-electron chi connectivity index (χ0n) is 12.6. The van der Waals surface area contributed by atoms with E-state index in [0.717, 1.165) is 25.1 Å². The highest BCUT2D eigenvalue weighted by Gasteiger charge is 2.17. The van der Waals surface area contributed by atoms with Gasteiger partial charge in [0.15, 0.2) is 0 Å². The van der Waals surface area contributed by atoms with Crippen molar-refractivity contribution in [3.05, 3.63) is 36.0 Å². The third kappa shape index (κ3) is 3.20. The number of fused-ring (bicyclic) bond motifs is 1. The van der Waals surface area contributed by atoms with Crippen molar-refractivity contribution in [2.45, 2.75) is 25.8 Å². The molecule has 2 heterocycles. The number of benzene rings is 1. The minimum absolute atomic E-state index is 0.257. The minimum atomic E-state index is -0.934. The van der Waals surface area contributed by atoms with E-state index in [2.05, 4.69) is 17.2 Å². The van der Waals surface area contributed by atoms with Crippen LogP contribution >= 0.6 is 0 Å². The Labute approximate surface area is 129 Å². The molecular formula is C17H20N2O3. The lowest BCUT2D eigenvalue weighted by Gasteiger charge is -2.17. The smallest absolute Gasteiger partial charge is 0.336 e. The maximum atomic E-state index is 11.3. The first-order valence-corrected chi connectivity index (χ1v) is 7.60. The van der Waals surface area contributed by atoms with E-state index in [9.17, 15) is 9.90 Å². The fourth-order valence-electron chi connectivity index (χ4n) is 2.84. The summed E-state index contributed by atoms with van der Waals surface area (Å²) in [7, 11) is 0. The standard InChI is InChI=1S/C17H20N2O3/c1-11-2-3-13(10-22-9-11)19-12-4-5-16-15(8-12)14(17(20)21)6-7-18-16/h4-8,11,13,19H,2-3,9-10H2,1H3,(H,20,21). The normalized spacial score (nSPS) is 22.2. The van der Waals surface area contributed by atoms with E-state index >= 15 is 0 Å². The van der Waals surface area contributed by atoms with Gasteiger partial charge in [0.2, 0.25) is 0 Å². The summed E-state index contributed by atoms with van der Waals surface area (Å²) in [5.41, 5.74) is 1.88. The van der Waals surface area contributed by atoms with Crippen molar-refractivity contribution in [3.8, 4) is 0 Å². The molecule has 0 amide bonds. The highest BCUT2D eigenvalue weighted by Crippen LogP contribution is 2.23. The zero-order chi connectivity index (χ0) is 15.5. The Morgan fingerprint density at radius 3 is 3.00 bits per heavy atom. The molecule has 1 aliphatic rings. The van der Waals surface area contributed by atoms with Gasteiger partial charge in [-0.25, -0.2) is 4.79 Å². The molecule has 0 saturated carbocycles. The Kier molecular flexibility index (Phi) is 4.24. The van der Waals surface area contributed by atoms with Gasteiger partial charge in [-0.3, -0.25) is 4.98 Å². The third-order valence-corrected chi connectivity index (χ3v) is 4.07. The number of carboxylic acid groups (broad SMARTS) is 1. The number of pyridine rings is 1. The fourth-order valence-corrected chi connectivity index (χ4v) is 2.84. The number of carboxylic acids is 1. The van der Waals surface area contributed by atoms with E-state index in [1.807, 2.05) is 18.2 Å². The van der Waals surface area contributed by atoms with Gasteiger partial charge in [-0.05, 0) is 43.0 Å². The number of aromatic carboxylic acids is 1. The van der Waals surface area contributed by atoms with Gasteiger partial charge >= 0.3 is 5.97 Å². The fraction of sp³-hybridized carbons (Fsp3) is 0.412. The largest absolute Gasteiger partial charge is 0.478 e. The Morgan fingerprint density at radius 1 is 1.32 bits per heavy atom. The van der Waals surface area contributed by atoms with Crippen molar-refractivity contribution in [2.75, 3.05) is 18.5 Å². The van der Waals surface area contributed by atoms with E-state index in [1.54, 1.807) is 0 Å². The van der Waals surface area contributed by atoms with Crippen molar-refractivity contribution < 1.29 is 14.6 Å². The Balaban J connectivity index is 1.85. The van der Waals surface area contributed by atoms with E-state index in [0.29, 0.717) is 23.4 Å². The van der Waals surface area contributed by atoms with E-state index in [4.69, 9.17) is 4.74 Å². The highest BCUT2D eigenvalue weighted by atomic mass is 16.5. The number of ether oxygens (including phenoxy) is 1. The van der Waals surface area contributed by atoms with E-state index in [1.165, 1.54) is 12.3 Å². The molecule has 2 N–H and O–H groups in total. The number of hydrogen-bond acceptors (Lipinski definition) is 4. The summed E-state index contributed by atoms with van der Waals surface area (Å²) >= 11 is 0. The van der Waals surface area contributed by atoms with Crippen molar-refractivity contribution in [1.82, 2.24) is 4.98 Å². The molecule has 0 bridgehead atoms. The van der Waals surface area contributed by atoms with Gasteiger partial charge in [0.05, 0.1) is 17.7 Å². The Bertz CT molecular complexity index is 687. The molecule has 1 aliphatic heterocycles. The summed E-state index contributed by atoms with van der Waals surface area (Å²) < 4.78 is 5.67. The van der Waals surface area contributed by atoms with Crippen LogP contribution in [0.25, 0.3) is 10.9 Å². The van der Waals surface area contributed by atoms with Crippen LogP contribution < -0.4 is 5.32 Å². The molecule has 2 aromatic rings. The molecule has 1 saturated heterocycles. The van der Waals surface area contributed by atoms with Crippen LogP contribution in [0, 0.1) is 5.92 Å². The topological polar surface area (TPSA) is 71.5 Å². The van der Waals surface area contributed by atoms with Crippen LogP contribution in [-0.4, -0.2) is 35.3 Å². The average Bonchev–Trinajstić information content (AvgIpc) is 2.71. The lowest BCUT2D eigenvalue weighted by atomic mass is 10.0. The van der Waals surface area contributed by atoms with Gasteiger partial charge in [-0.15, -0.1) is 0 Å². The molecule has 1 fully saturated rings. The second kappa shape index (κ2) is 6.32. The number of carbonyl (C=O) groups is 1. The molecule has 0 spiro atoms. The second-order valence-corrected chi connectivity index (χ2v) is 5.96. The zero-order valence-corrected chi connectivity index (χ0v) is 12.6. The predicted molar refractivity (Wildman–Crippen MR) is 85.3 cm³/mol. The van der Waals surface area contributed by atoms with E-state index < -0.39 is 5.97 Å². The molecule has 22 heavy (non-hydrogen) atoms. The van der Waals surface area contributed by atoms with Crippen LogP contribution in [0.1, 0.15) is 30.1 Å². The molecule has 5 nitrogen and oxygen atoms in total. The number of rotatable bonds is 3. The Morgan fingerprint density at radius 2 is 2.18 bits per heavy atom. The SMILES string of the molecule is CC1CCC(Nc2ccc3nccc(C(=O)O)c3c2)COC1. The summed E-state index contributed by atoms with van der Waals surface area (Å²) in [6.07, 6.45) is 3.71. The molecular weight excluding hydrogens is 280 g/mol. The molecule has 0 radical (unpaired) electrons. The first-order valence-electron chi connectivity index (χ1n) is 7.60. The quantitative estimate of drug-likeness (QED) is 0.911. The number of anilines is 1. The monoisotopic (exact) mass is 300 g/mol. The van der Waals surface area contributed by atoms with Crippen LogP contribution in [0.4, 0.5) is 5.69 Å². The summed E-state index contributed by atoms with van der Waals surface area (Å²) in [5, 5.41) is 13.4. The van der Waals surface area contributed by atoms with Crippen LogP contribution in [0.3, 0.4) is 0 Å². The van der Waals surface area contributed by atoms with Crippen LogP contribution in [-0.2, 0) is 4.74 Å². The molecule has 0 aliphatic carbocycles. The average molecular weight is 300 g/mol. The lowest BCUT2D eigenvalue weighted by Crippen LogP contribution is -2.23. The predicted octanol–water partition coefficient (Wildman–Crippen LogP) is 3.16. The molecule has 2 atom stereocenters. The van der Waals surface area contributed by atoms with Crippen molar-refractivity contribution in [3.63, 3.8) is 0 Å². The van der Waals surface area contributed by atoms with Gasteiger partial charge in [-0.2, -0.15) is 0 Å².